The van der Waals surface area contributed by atoms with Crippen LogP contribution in [0.1, 0.15) is 42.9 Å². The maximum absolute atomic E-state index is 11.7. The van der Waals surface area contributed by atoms with E-state index in [0.717, 1.165) is 56.1 Å². The summed E-state index contributed by atoms with van der Waals surface area (Å²) in [5, 5.41) is 6.66. The number of rotatable bonds is 11. The quantitative estimate of drug-likeness (QED) is 0.331. The second kappa shape index (κ2) is 12.7. The van der Waals surface area contributed by atoms with E-state index >= 15 is 0 Å². The Hall–Kier alpha value is -2.86. The summed E-state index contributed by atoms with van der Waals surface area (Å²) >= 11 is 0. The molecular formula is C25H34N4O2. The zero-order valence-corrected chi connectivity index (χ0v) is 18.5. The van der Waals surface area contributed by atoms with Gasteiger partial charge in [-0.2, -0.15) is 0 Å². The highest BCUT2D eigenvalue weighted by molar-refractivity contribution is 5.79. The van der Waals surface area contributed by atoms with Gasteiger partial charge in [0.1, 0.15) is 0 Å². The van der Waals surface area contributed by atoms with Crippen molar-refractivity contribution in [1.82, 2.24) is 15.5 Å². The van der Waals surface area contributed by atoms with E-state index in [1.807, 2.05) is 23.1 Å². The van der Waals surface area contributed by atoms with Crippen molar-refractivity contribution in [2.75, 3.05) is 26.2 Å². The van der Waals surface area contributed by atoms with E-state index in [1.165, 1.54) is 5.56 Å². The van der Waals surface area contributed by atoms with Crippen molar-refractivity contribution in [2.24, 2.45) is 4.99 Å². The number of ether oxygens (including phenoxy) is 1. The molecule has 6 heteroatoms. The van der Waals surface area contributed by atoms with Gasteiger partial charge < -0.3 is 20.3 Å². The molecule has 1 amide bonds. The molecule has 1 saturated heterocycles. The number of guanidine groups is 1. The van der Waals surface area contributed by atoms with Crippen LogP contribution in [-0.4, -0.2) is 42.9 Å². The molecule has 31 heavy (non-hydrogen) atoms. The number of hydrogen-bond donors (Lipinski definition) is 2. The van der Waals surface area contributed by atoms with Crippen LogP contribution in [0.15, 0.2) is 59.6 Å². The first kappa shape index (κ1) is 22.8. The van der Waals surface area contributed by atoms with Crippen molar-refractivity contribution in [2.45, 2.75) is 45.9 Å². The Kier molecular flexibility index (Phi) is 9.38. The van der Waals surface area contributed by atoms with Crippen LogP contribution in [0.3, 0.4) is 0 Å². The molecule has 0 saturated carbocycles. The highest BCUT2D eigenvalue weighted by Crippen LogP contribution is 2.11. The topological polar surface area (TPSA) is 66.0 Å². The number of nitrogens with one attached hydrogen (secondary N) is 2. The van der Waals surface area contributed by atoms with Gasteiger partial charge in [-0.05, 0) is 36.5 Å². The summed E-state index contributed by atoms with van der Waals surface area (Å²) < 4.78 is 5.85. The summed E-state index contributed by atoms with van der Waals surface area (Å²) in [7, 11) is 0. The lowest BCUT2D eigenvalue weighted by molar-refractivity contribution is -0.127. The third-order valence-corrected chi connectivity index (χ3v) is 5.20. The first-order valence-electron chi connectivity index (χ1n) is 11.2. The zero-order chi connectivity index (χ0) is 21.7. The summed E-state index contributed by atoms with van der Waals surface area (Å²) in [6, 6.07) is 18.6. The average Bonchev–Trinajstić information content (AvgIpc) is 3.20. The van der Waals surface area contributed by atoms with Gasteiger partial charge in [0.05, 0.1) is 19.8 Å². The van der Waals surface area contributed by atoms with Gasteiger partial charge in [-0.15, -0.1) is 0 Å². The van der Waals surface area contributed by atoms with Gasteiger partial charge in [0, 0.05) is 32.6 Å². The third kappa shape index (κ3) is 8.06. The highest BCUT2D eigenvalue weighted by atomic mass is 16.5. The number of nitrogens with zero attached hydrogens (tertiary/aromatic N) is 2. The lowest BCUT2D eigenvalue weighted by atomic mass is 10.1. The fourth-order valence-electron chi connectivity index (χ4n) is 3.61. The number of amides is 1. The Morgan fingerprint density at radius 2 is 1.81 bits per heavy atom. The minimum absolute atomic E-state index is 0.285. The van der Waals surface area contributed by atoms with E-state index in [0.29, 0.717) is 26.2 Å². The van der Waals surface area contributed by atoms with Gasteiger partial charge in [0.25, 0.3) is 0 Å². The second-order valence-electron chi connectivity index (χ2n) is 7.76. The summed E-state index contributed by atoms with van der Waals surface area (Å²) in [5.74, 6) is 1.09. The normalized spacial score (nSPS) is 14.2. The van der Waals surface area contributed by atoms with Crippen molar-refractivity contribution in [1.29, 1.82) is 0 Å². The molecule has 1 aliphatic heterocycles. The maximum atomic E-state index is 11.7. The average molecular weight is 423 g/mol. The monoisotopic (exact) mass is 422 g/mol. The Morgan fingerprint density at radius 1 is 1.03 bits per heavy atom. The minimum Gasteiger partial charge on any atom is -0.372 e. The SMILES string of the molecule is CCNC(=NCc1cccc(COCc2ccccc2)c1)NCCCN1CCCC1=O. The standard InChI is InChI=1S/C25H34N4O2/c1-2-26-25(27-14-8-16-29-15-7-13-24(29)30)28-18-22-11-6-12-23(17-22)20-31-19-21-9-4-3-5-10-21/h3-6,9-12,17H,2,7-8,13-16,18-20H2,1H3,(H2,26,27,28). The molecule has 166 valence electrons. The number of carbonyl (C=O) groups excluding carboxylic acids is 1. The van der Waals surface area contributed by atoms with E-state index < -0.39 is 0 Å². The Bertz CT molecular complexity index is 838. The molecule has 3 rings (SSSR count). The van der Waals surface area contributed by atoms with E-state index in [1.54, 1.807) is 0 Å². The molecule has 0 radical (unpaired) electrons. The van der Waals surface area contributed by atoms with E-state index in [4.69, 9.17) is 9.73 Å². The second-order valence-corrected chi connectivity index (χ2v) is 7.76. The van der Waals surface area contributed by atoms with Gasteiger partial charge in [0.2, 0.25) is 5.91 Å². The van der Waals surface area contributed by atoms with E-state index in [9.17, 15) is 4.79 Å². The number of aliphatic imine (C=N–C) groups is 1. The fraction of sp³-hybridized carbons (Fsp3) is 0.440. The van der Waals surface area contributed by atoms with Crippen LogP contribution >= 0.6 is 0 Å². The highest BCUT2D eigenvalue weighted by Gasteiger charge is 2.18. The van der Waals surface area contributed by atoms with Crippen LogP contribution in [0, 0.1) is 0 Å². The molecule has 2 N–H and O–H groups in total. The fourth-order valence-corrected chi connectivity index (χ4v) is 3.61. The molecule has 6 nitrogen and oxygen atoms in total. The number of carbonyl (C=O) groups is 1. The summed E-state index contributed by atoms with van der Waals surface area (Å²) in [6.45, 7) is 7.18. The van der Waals surface area contributed by atoms with Gasteiger partial charge in [-0.25, -0.2) is 4.99 Å². The third-order valence-electron chi connectivity index (χ3n) is 5.20. The number of likely N-dealkylation sites (tertiary alicyclic amines) is 1. The molecule has 1 aliphatic rings. The molecule has 2 aromatic carbocycles. The summed E-state index contributed by atoms with van der Waals surface area (Å²) in [4.78, 5) is 18.4. The summed E-state index contributed by atoms with van der Waals surface area (Å²) in [6.07, 6.45) is 2.62. The van der Waals surface area contributed by atoms with Crippen LogP contribution in [0.25, 0.3) is 0 Å². The molecule has 0 aromatic heterocycles. The van der Waals surface area contributed by atoms with Crippen LogP contribution in [0.2, 0.25) is 0 Å². The molecule has 0 aliphatic carbocycles. The van der Waals surface area contributed by atoms with Gasteiger partial charge in [-0.3, -0.25) is 4.79 Å². The molecule has 0 atom stereocenters. The van der Waals surface area contributed by atoms with Gasteiger partial charge in [0.15, 0.2) is 5.96 Å². The van der Waals surface area contributed by atoms with Crippen molar-refractivity contribution in [3.8, 4) is 0 Å². The van der Waals surface area contributed by atoms with E-state index in [2.05, 4.69) is 54.0 Å². The predicted molar refractivity (Wildman–Crippen MR) is 125 cm³/mol. The van der Waals surface area contributed by atoms with Crippen LogP contribution in [0.4, 0.5) is 0 Å². The van der Waals surface area contributed by atoms with Gasteiger partial charge in [-0.1, -0.05) is 54.6 Å². The van der Waals surface area contributed by atoms with Crippen molar-refractivity contribution in [3.05, 3.63) is 71.3 Å². The number of hydrogen-bond acceptors (Lipinski definition) is 3. The first-order valence-corrected chi connectivity index (χ1v) is 11.2. The predicted octanol–water partition coefficient (Wildman–Crippen LogP) is 3.47. The number of benzene rings is 2. The smallest absolute Gasteiger partial charge is 0.222 e. The van der Waals surface area contributed by atoms with Crippen molar-refractivity contribution < 1.29 is 9.53 Å². The lowest BCUT2D eigenvalue weighted by Crippen LogP contribution is -2.39. The largest absolute Gasteiger partial charge is 0.372 e. The first-order chi connectivity index (χ1) is 15.2. The molecule has 1 heterocycles. The molecule has 0 unspecified atom stereocenters. The lowest BCUT2D eigenvalue weighted by Gasteiger charge is -2.16. The molecule has 2 aromatic rings. The van der Waals surface area contributed by atoms with Crippen molar-refractivity contribution >= 4 is 11.9 Å². The van der Waals surface area contributed by atoms with Gasteiger partial charge >= 0.3 is 0 Å². The molecule has 0 bridgehead atoms. The van der Waals surface area contributed by atoms with Crippen LogP contribution in [0.5, 0.6) is 0 Å². The summed E-state index contributed by atoms with van der Waals surface area (Å²) in [5.41, 5.74) is 3.48. The Labute approximate surface area is 185 Å². The van der Waals surface area contributed by atoms with E-state index in [-0.39, 0.29) is 5.91 Å². The van der Waals surface area contributed by atoms with Crippen LogP contribution < -0.4 is 10.6 Å². The molecule has 1 fully saturated rings. The van der Waals surface area contributed by atoms with Crippen molar-refractivity contribution in [3.63, 3.8) is 0 Å². The Balaban J connectivity index is 1.43. The maximum Gasteiger partial charge on any atom is 0.222 e. The molecular weight excluding hydrogens is 388 g/mol. The Morgan fingerprint density at radius 3 is 2.58 bits per heavy atom. The van der Waals surface area contributed by atoms with Crippen LogP contribution in [-0.2, 0) is 29.3 Å². The molecule has 0 spiro atoms. The minimum atomic E-state index is 0.285. The zero-order valence-electron chi connectivity index (χ0n) is 18.5.